The van der Waals surface area contributed by atoms with Crippen molar-refractivity contribution in [2.75, 3.05) is 13.1 Å². The Hall–Kier alpha value is -0.0800. The zero-order chi connectivity index (χ0) is 8.97. The van der Waals surface area contributed by atoms with Crippen molar-refractivity contribution < 1.29 is 0 Å². The standard InChI is InChI=1S/C10H22N2/c1-8-3-4-10(5-8)7-12-9(2)6-11/h8-10,12H,3-7,11H2,1-2H3. The number of rotatable bonds is 4. The molecule has 0 amide bonds. The molecule has 2 nitrogen and oxygen atoms in total. The maximum atomic E-state index is 5.52. The van der Waals surface area contributed by atoms with E-state index in [1.54, 1.807) is 0 Å². The molecule has 0 radical (unpaired) electrons. The molecule has 1 fully saturated rings. The molecule has 0 aromatic carbocycles. The summed E-state index contributed by atoms with van der Waals surface area (Å²) in [7, 11) is 0. The second-order valence-electron chi connectivity index (χ2n) is 4.33. The summed E-state index contributed by atoms with van der Waals surface area (Å²) in [5.41, 5.74) is 5.52. The molecule has 0 aliphatic heterocycles. The fraction of sp³-hybridized carbons (Fsp3) is 1.00. The van der Waals surface area contributed by atoms with Crippen molar-refractivity contribution in [3.05, 3.63) is 0 Å². The largest absolute Gasteiger partial charge is 0.329 e. The van der Waals surface area contributed by atoms with Crippen LogP contribution in [0, 0.1) is 11.8 Å². The Balaban J connectivity index is 2.07. The minimum Gasteiger partial charge on any atom is -0.329 e. The van der Waals surface area contributed by atoms with Gasteiger partial charge in [-0.1, -0.05) is 13.3 Å². The molecule has 2 heteroatoms. The normalized spacial score (nSPS) is 32.2. The maximum Gasteiger partial charge on any atom is 0.0162 e. The first-order chi connectivity index (χ1) is 5.72. The van der Waals surface area contributed by atoms with E-state index in [0.29, 0.717) is 6.04 Å². The monoisotopic (exact) mass is 170 g/mol. The van der Waals surface area contributed by atoms with Crippen molar-refractivity contribution >= 4 is 0 Å². The average Bonchev–Trinajstić information content (AvgIpc) is 2.47. The predicted octanol–water partition coefficient (Wildman–Crippen LogP) is 1.36. The van der Waals surface area contributed by atoms with Crippen LogP contribution < -0.4 is 11.1 Å². The molecule has 3 atom stereocenters. The van der Waals surface area contributed by atoms with Gasteiger partial charge in [0, 0.05) is 12.6 Å². The Morgan fingerprint density at radius 2 is 2.25 bits per heavy atom. The topological polar surface area (TPSA) is 38.0 Å². The Morgan fingerprint density at radius 1 is 1.50 bits per heavy atom. The van der Waals surface area contributed by atoms with Crippen LogP contribution in [0.3, 0.4) is 0 Å². The van der Waals surface area contributed by atoms with Crippen LogP contribution in [0.5, 0.6) is 0 Å². The van der Waals surface area contributed by atoms with Crippen molar-refractivity contribution in [2.45, 2.75) is 39.2 Å². The summed E-state index contributed by atoms with van der Waals surface area (Å²) in [4.78, 5) is 0. The minimum absolute atomic E-state index is 0.487. The first-order valence-corrected chi connectivity index (χ1v) is 5.15. The number of hydrogen-bond acceptors (Lipinski definition) is 2. The second kappa shape index (κ2) is 4.83. The SMILES string of the molecule is CC1CCC(CNC(C)CN)C1. The van der Waals surface area contributed by atoms with Gasteiger partial charge in [-0.15, -0.1) is 0 Å². The van der Waals surface area contributed by atoms with Crippen LogP contribution in [0.15, 0.2) is 0 Å². The fourth-order valence-corrected chi connectivity index (χ4v) is 1.96. The van der Waals surface area contributed by atoms with Crippen LogP contribution in [0.2, 0.25) is 0 Å². The zero-order valence-corrected chi connectivity index (χ0v) is 8.34. The third kappa shape index (κ3) is 3.11. The van der Waals surface area contributed by atoms with Gasteiger partial charge in [0.15, 0.2) is 0 Å². The van der Waals surface area contributed by atoms with Crippen LogP contribution in [0.25, 0.3) is 0 Å². The molecule has 0 bridgehead atoms. The molecule has 1 rings (SSSR count). The number of hydrogen-bond donors (Lipinski definition) is 2. The van der Waals surface area contributed by atoms with E-state index in [0.717, 1.165) is 18.4 Å². The van der Waals surface area contributed by atoms with Crippen LogP contribution in [-0.2, 0) is 0 Å². The van der Waals surface area contributed by atoms with Gasteiger partial charge in [-0.2, -0.15) is 0 Å². The highest BCUT2D eigenvalue weighted by molar-refractivity contribution is 4.75. The summed E-state index contributed by atoms with van der Waals surface area (Å²) in [5, 5.41) is 3.47. The second-order valence-corrected chi connectivity index (χ2v) is 4.33. The van der Waals surface area contributed by atoms with Crippen molar-refractivity contribution in [3.63, 3.8) is 0 Å². The van der Waals surface area contributed by atoms with Gasteiger partial charge in [-0.3, -0.25) is 0 Å². The lowest BCUT2D eigenvalue weighted by Gasteiger charge is -2.15. The molecule has 1 aliphatic carbocycles. The molecule has 1 aliphatic rings. The Kier molecular flexibility index (Phi) is 4.02. The summed E-state index contributed by atoms with van der Waals surface area (Å²) < 4.78 is 0. The van der Waals surface area contributed by atoms with Crippen LogP contribution in [0.1, 0.15) is 33.1 Å². The van der Waals surface area contributed by atoms with Gasteiger partial charge in [-0.05, 0) is 38.1 Å². The summed E-state index contributed by atoms with van der Waals surface area (Å²) >= 11 is 0. The van der Waals surface area contributed by atoms with E-state index in [2.05, 4.69) is 19.2 Å². The quantitative estimate of drug-likeness (QED) is 0.668. The number of nitrogens with one attached hydrogen (secondary N) is 1. The summed E-state index contributed by atoms with van der Waals surface area (Å²) in [6.07, 6.45) is 4.24. The molecule has 0 aromatic heterocycles. The molecule has 0 spiro atoms. The van der Waals surface area contributed by atoms with Crippen molar-refractivity contribution in [1.29, 1.82) is 0 Å². The van der Waals surface area contributed by atoms with Crippen molar-refractivity contribution in [2.24, 2.45) is 17.6 Å². The molecular formula is C10H22N2. The molecule has 0 heterocycles. The highest BCUT2D eigenvalue weighted by Gasteiger charge is 2.20. The Bertz CT molecular complexity index is 125. The molecule has 3 N–H and O–H groups in total. The first-order valence-electron chi connectivity index (χ1n) is 5.15. The van der Waals surface area contributed by atoms with Crippen molar-refractivity contribution in [3.8, 4) is 0 Å². The smallest absolute Gasteiger partial charge is 0.0162 e. The average molecular weight is 170 g/mol. The third-order valence-corrected chi connectivity index (χ3v) is 2.91. The molecule has 3 unspecified atom stereocenters. The molecule has 1 saturated carbocycles. The lowest BCUT2D eigenvalue weighted by atomic mass is 10.1. The Labute approximate surface area is 75.9 Å². The highest BCUT2D eigenvalue weighted by Crippen LogP contribution is 2.29. The third-order valence-electron chi connectivity index (χ3n) is 2.91. The lowest BCUT2D eigenvalue weighted by molar-refractivity contribution is 0.437. The summed E-state index contributed by atoms with van der Waals surface area (Å²) in [6, 6.07) is 0.487. The minimum atomic E-state index is 0.487. The van der Waals surface area contributed by atoms with E-state index >= 15 is 0 Å². The highest BCUT2D eigenvalue weighted by atomic mass is 14.9. The molecule has 0 saturated heterocycles. The lowest BCUT2D eigenvalue weighted by Crippen LogP contribution is -2.36. The predicted molar refractivity (Wildman–Crippen MR) is 53.0 cm³/mol. The van der Waals surface area contributed by atoms with Gasteiger partial charge in [0.05, 0.1) is 0 Å². The van der Waals surface area contributed by atoms with Crippen LogP contribution >= 0.6 is 0 Å². The van der Waals surface area contributed by atoms with E-state index < -0.39 is 0 Å². The maximum absolute atomic E-state index is 5.52. The molecule has 72 valence electrons. The fourth-order valence-electron chi connectivity index (χ4n) is 1.96. The van der Waals surface area contributed by atoms with Gasteiger partial charge in [0.1, 0.15) is 0 Å². The summed E-state index contributed by atoms with van der Waals surface area (Å²) in [6.45, 7) is 6.43. The van der Waals surface area contributed by atoms with Gasteiger partial charge in [0.25, 0.3) is 0 Å². The van der Waals surface area contributed by atoms with Gasteiger partial charge in [-0.25, -0.2) is 0 Å². The Morgan fingerprint density at radius 3 is 2.75 bits per heavy atom. The first kappa shape index (κ1) is 10.0. The van der Waals surface area contributed by atoms with E-state index in [1.165, 1.54) is 25.8 Å². The number of nitrogens with two attached hydrogens (primary N) is 1. The molecule has 0 aromatic rings. The van der Waals surface area contributed by atoms with Gasteiger partial charge >= 0.3 is 0 Å². The van der Waals surface area contributed by atoms with E-state index in [4.69, 9.17) is 5.73 Å². The van der Waals surface area contributed by atoms with E-state index in [1.807, 2.05) is 0 Å². The molecule has 12 heavy (non-hydrogen) atoms. The van der Waals surface area contributed by atoms with Crippen molar-refractivity contribution in [1.82, 2.24) is 5.32 Å². The zero-order valence-electron chi connectivity index (χ0n) is 8.34. The van der Waals surface area contributed by atoms with E-state index in [9.17, 15) is 0 Å². The van der Waals surface area contributed by atoms with Gasteiger partial charge < -0.3 is 11.1 Å². The van der Waals surface area contributed by atoms with Crippen LogP contribution in [0.4, 0.5) is 0 Å². The van der Waals surface area contributed by atoms with E-state index in [-0.39, 0.29) is 0 Å². The summed E-state index contributed by atoms with van der Waals surface area (Å²) in [5.74, 6) is 1.86. The van der Waals surface area contributed by atoms with Gasteiger partial charge in [0.2, 0.25) is 0 Å². The van der Waals surface area contributed by atoms with Crippen LogP contribution in [-0.4, -0.2) is 19.1 Å². The molecular weight excluding hydrogens is 148 g/mol.